The number of nitrogens with one attached hydrogen (secondary N) is 1. The molecule has 138 valence electrons. The highest BCUT2D eigenvalue weighted by Gasteiger charge is 2.26. The lowest BCUT2D eigenvalue weighted by Gasteiger charge is -2.21. The normalized spacial score (nSPS) is 17.1. The molecule has 1 aromatic heterocycles. The number of fused-ring (bicyclic) bond motifs is 1. The van der Waals surface area contributed by atoms with Gasteiger partial charge in [-0.1, -0.05) is 30.3 Å². The van der Waals surface area contributed by atoms with Crippen LogP contribution in [0.25, 0.3) is 0 Å². The van der Waals surface area contributed by atoms with Crippen LogP contribution in [0.2, 0.25) is 0 Å². The minimum Gasteiger partial charge on any atom is -0.326 e. The Kier molecular flexibility index (Phi) is 5.25. The molecule has 0 saturated carbocycles. The predicted octanol–water partition coefficient (Wildman–Crippen LogP) is 4.33. The van der Waals surface area contributed by atoms with Crippen molar-refractivity contribution in [3.8, 4) is 0 Å². The molecule has 1 aliphatic heterocycles. The fraction of sp³-hybridized carbons (Fsp3) is 0.286. The first-order valence-electron chi connectivity index (χ1n) is 9.18. The number of amides is 1. The summed E-state index contributed by atoms with van der Waals surface area (Å²) in [4.78, 5) is 18.1. The summed E-state index contributed by atoms with van der Waals surface area (Å²) >= 11 is 1.83. The molecule has 0 bridgehead atoms. The van der Waals surface area contributed by atoms with Crippen molar-refractivity contribution in [3.63, 3.8) is 0 Å². The van der Waals surface area contributed by atoms with Crippen LogP contribution in [0.1, 0.15) is 30.0 Å². The van der Waals surface area contributed by atoms with Gasteiger partial charge < -0.3 is 5.32 Å². The molecular weight excluding hydrogens is 356 g/mol. The Bertz CT molecular complexity index is 907. The third-order valence-electron chi connectivity index (χ3n) is 4.89. The van der Waals surface area contributed by atoms with Gasteiger partial charge >= 0.3 is 0 Å². The zero-order valence-electron chi connectivity index (χ0n) is 15.2. The van der Waals surface area contributed by atoms with E-state index in [0.717, 1.165) is 24.5 Å². The van der Waals surface area contributed by atoms with E-state index in [0.29, 0.717) is 11.7 Å². The molecule has 4 rings (SSSR count). The molecule has 2 unspecified atom stereocenters. The number of rotatable bonds is 5. The topological polar surface area (TPSA) is 59.8 Å². The Balaban J connectivity index is 1.36. The molecule has 1 N–H and O–H groups in total. The number of anilines is 1. The van der Waals surface area contributed by atoms with Gasteiger partial charge in [0.1, 0.15) is 12.2 Å². The van der Waals surface area contributed by atoms with Gasteiger partial charge in [-0.2, -0.15) is 5.10 Å². The smallest absolute Gasteiger partial charge is 0.228 e. The third-order valence-corrected chi connectivity index (χ3v) is 6.06. The predicted molar refractivity (Wildman–Crippen MR) is 108 cm³/mol. The Hall–Kier alpha value is -2.60. The summed E-state index contributed by atoms with van der Waals surface area (Å²) in [5.74, 6) is 0.904. The average Bonchev–Trinajstić information content (AvgIpc) is 3.17. The Morgan fingerprint density at radius 2 is 1.96 bits per heavy atom. The first kappa shape index (κ1) is 17.8. The number of aryl methyl sites for hydroxylation is 1. The van der Waals surface area contributed by atoms with E-state index >= 15 is 0 Å². The van der Waals surface area contributed by atoms with Crippen molar-refractivity contribution in [2.24, 2.45) is 5.92 Å². The molecule has 0 aliphatic carbocycles. The first-order valence-corrected chi connectivity index (χ1v) is 10.1. The minimum absolute atomic E-state index is 0.0473. The lowest BCUT2D eigenvalue weighted by Crippen LogP contribution is -2.30. The minimum atomic E-state index is -0.0473. The number of thioether (sulfide) groups is 1. The molecule has 1 aliphatic rings. The van der Waals surface area contributed by atoms with Crippen LogP contribution in [0.4, 0.5) is 5.69 Å². The summed E-state index contributed by atoms with van der Waals surface area (Å²) in [7, 11) is 0. The zero-order valence-corrected chi connectivity index (χ0v) is 16.0. The summed E-state index contributed by atoms with van der Waals surface area (Å²) in [5, 5.41) is 7.56. The van der Waals surface area contributed by atoms with Gasteiger partial charge in [0.2, 0.25) is 5.91 Å². The fourth-order valence-corrected chi connectivity index (χ4v) is 4.33. The van der Waals surface area contributed by atoms with E-state index in [1.54, 1.807) is 6.33 Å². The van der Waals surface area contributed by atoms with Crippen molar-refractivity contribution >= 4 is 23.4 Å². The average molecular weight is 379 g/mol. The van der Waals surface area contributed by atoms with Gasteiger partial charge in [-0.3, -0.25) is 9.48 Å². The van der Waals surface area contributed by atoms with E-state index in [4.69, 9.17) is 0 Å². The number of aromatic nitrogens is 3. The van der Waals surface area contributed by atoms with E-state index in [1.165, 1.54) is 10.5 Å². The Morgan fingerprint density at radius 3 is 2.74 bits per heavy atom. The van der Waals surface area contributed by atoms with Crippen molar-refractivity contribution < 1.29 is 4.79 Å². The fourth-order valence-electron chi connectivity index (χ4n) is 3.31. The lowest BCUT2D eigenvalue weighted by molar-refractivity contribution is -0.120. The highest BCUT2D eigenvalue weighted by molar-refractivity contribution is 7.99. The molecule has 0 radical (unpaired) electrons. The number of nitrogens with zero attached hydrogens (tertiary/aromatic N) is 3. The second kappa shape index (κ2) is 7.96. The van der Waals surface area contributed by atoms with Crippen LogP contribution < -0.4 is 5.32 Å². The van der Waals surface area contributed by atoms with E-state index in [-0.39, 0.29) is 11.8 Å². The third kappa shape index (κ3) is 4.22. The molecule has 27 heavy (non-hydrogen) atoms. The van der Waals surface area contributed by atoms with Crippen molar-refractivity contribution in [1.29, 1.82) is 0 Å². The maximum atomic E-state index is 12.6. The molecule has 3 aromatic rings. The summed E-state index contributed by atoms with van der Waals surface area (Å²) in [6.07, 6.45) is 3.00. The zero-order chi connectivity index (χ0) is 18.6. The number of carbonyl (C=O) groups excluding carboxylic acids is 1. The molecule has 0 fully saturated rings. The summed E-state index contributed by atoms with van der Waals surface area (Å²) in [6.45, 7) is 2.95. The number of benzene rings is 2. The van der Waals surface area contributed by atoms with Crippen LogP contribution in [0, 0.1) is 5.92 Å². The van der Waals surface area contributed by atoms with Crippen LogP contribution in [-0.4, -0.2) is 20.7 Å². The van der Waals surface area contributed by atoms with Crippen molar-refractivity contribution in [2.45, 2.75) is 36.5 Å². The maximum Gasteiger partial charge on any atom is 0.228 e. The van der Waals surface area contributed by atoms with Crippen LogP contribution in [0.3, 0.4) is 0 Å². The van der Waals surface area contributed by atoms with Gasteiger partial charge in [-0.05, 0) is 43.2 Å². The number of hydrogen-bond donors (Lipinski definition) is 1. The molecule has 2 heterocycles. The monoisotopic (exact) mass is 378 g/mol. The molecule has 0 spiro atoms. The largest absolute Gasteiger partial charge is 0.326 e. The van der Waals surface area contributed by atoms with E-state index in [2.05, 4.69) is 58.7 Å². The number of carbonyl (C=O) groups is 1. The van der Waals surface area contributed by atoms with Gasteiger partial charge in [0.05, 0.1) is 0 Å². The van der Waals surface area contributed by atoms with Crippen molar-refractivity contribution in [3.05, 3.63) is 72.3 Å². The second-order valence-electron chi connectivity index (χ2n) is 6.77. The molecule has 2 atom stereocenters. The quantitative estimate of drug-likeness (QED) is 0.671. The van der Waals surface area contributed by atoms with Gasteiger partial charge in [-0.25, -0.2) is 4.98 Å². The summed E-state index contributed by atoms with van der Waals surface area (Å²) < 4.78 is 1.88. The highest BCUT2D eigenvalue weighted by Crippen LogP contribution is 2.34. The van der Waals surface area contributed by atoms with Crippen LogP contribution in [0.5, 0.6) is 0 Å². The first-order chi connectivity index (χ1) is 13.2. The van der Waals surface area contributed by atoms with E-state index < -0.39 is 0 Å². The van der Waals surface area contributed by atoms with Gasteiger partial charge in [0.15, 0.2) is 0 Å². The SMILES string of the molecule is CC(Sc1ccccc1)c1ccc(NC(=O)C2CCn3ncnc3C2)cc1. The Morgan fingerprint density at radius 1 is 1.19 bits per heavy atom. The number of hydrogen-bond acceptors (Lipinski definition) is 4. The van der Waals surface area contributed by atoms with Crippen molar-refractivity contribution in [2.75, 3.05) is 5.32 Å². The van der Waals surface area contributed by atoms with Gasteiger partial charge in [0.25, 0.3) is 0 Å². The standard InChI is InChI=1S/C21H22N4OS/c1-15(27-19-5-3-2-4-6-19)16-7-9-18(10-8-16)24-21(26)17-11-12-25-20(13-17)22-14-23-25/h2-10,14-15,17H,11-13H2,1H3,(H,24,26). The van der Waals surface area contributed by atoms with Crippen LogP contribution in [-0.2, 0) is 17.8 Å². The lowest BCUT2D eigenvalue weighted by atomic mass is 9.97. The summed E-state index contributed by atoms with van der Waals surface area (Å²) in [6, 6.07) is 18.6. The molecule has 0 saturated heterocycles. The van der Waals surface area contributed by atoms with Gasteiger partial charge in [0, 0.05) is 34.7 Å². The van der Waals surface area contributed by atoms with Crippen molar-refractivity contribution in [1.82, 2.24) is 14.8 Å². The Labute approximate surface area is 163 Å². The maximum absolute atomic E-state index is 12.6. The van der Waals surface area contributed by atoms with E-state index in [9.17, 15) is 4.79 Å². The molecule has 6 heteroatoms. The summed E-state index contributed by atoms with van der Waals surface area (Å²) in [5.41, 5.74) is 2.08. The highest BCUT2D eigenvalue weighted by atomic mass is 32.2. The molecule has 5 nitrogen and oxygen atoms in total. The van der Waals surface area contributed by atoms with Crippen LogP contribution in [0.15, 0.2) is 65.8 Å². The van der Waals surface area contributed by atoms with E-state index in [1.807, 2.05) is 34.6 Å². The molecule has 1 amide bonds. The van der Waals surface area contributed by atoms with Gasteiger partial charge in [-0.15, -0.1) is 11.8 Å². The molecule has 2 aromatic carbocycles. The second-order valence-corrected chi connectivity index (χ2v) is 8.19. The van der Waals surface area contributed by atoms with Crippen LogP contribution >= 0.6 is 11.8 Å². The molecular formula is C21H22N4OS.